The number of anilines is 9. The van der Waals surface area contributed by atoms with Crippen LogP contribution in [0.4, 0.5) is 51.2 Å². The van der Waals surface area contributed by atoms with Crippen LogP contribution in [0.3, 0.4) is 0 Å². The van der Waals surface area contributed by atoms with Crippen molar-refractivity contribution in [2.75, 3.05) is 14.7 Å². The first-order valence-electron chi connectivity index (χ1n) is 23.9. The van der Waals surface area contributed by atoms with Crippen LogP contribution in [0.15, 0.2) is 237 Å². The van der Waals surface area contributed by atoms with Gasteiger partial charge in [0.15, 0.2) is 0 Å². The molecule has 3 heteroatoms. The minimum absolute atomic E-state index is 1.10. The van der Waals surface area contributed by atoms with Crippen LogP contribution in [0.1, 0.15) is 33.4 Å². The minimum atomic E-state index is 1.10. The topological polar surface area (TPSA) is 9.72 Å². The van der Waals surface area contributed by atoms with Gasteiger partial charge in [-0.05, 0) is 202 Å². The van der Waals surface area contributed by atoms with Crippen molar-refractivity contribution in [2.24, 2.45) is 0 Å². The van der Waals surface area contributed by atoms with Crippen LogP contribution in [-0.4, -0.2) is 0 Å². The Morgan fingerprint density at radius 2 is 0.290 bits per heavy atom. The van der Waals surface area contributed by atoms with Gasteiger partial charge in [0.05, 0.1) is 0 Å². The third kappa shape index (κ3) is 9.86. The molecule has 0 radical (unpaired) electrons. The van der Waals surface area contributed by atoms with Crippen molar-refractivity contribution in [3.05, 3.63) is 270 Å². The van der Waals surface area contributed by atoms with E-state index in [1.807, 2.05) is 0 Å². The van der Waals surface area contributed by atoms with Gasteiger partial charge in [-0.15, -0.1) is 0 Å². The first-order valence-corrected chi connectivity index (χ1v) is 23.9. The van der Waals surface area contributed by atoms with Crippen molar-refractivity contribution in [2.45, 2.75) is 41.5 Å². The van der Waals surface area contributed by atoms with E-state index in [2.05, 4.69) is 293 Å². The van der Waals surface area contributed by atoms with Gasteiger partial charge in [-0.2, -0.15) is 0 Å². The zero-order valence-corrected chi connectivity index (χ0v) is 40.4. The molecular weight excluding hydrogens is 835 g/mol. The first kappa shape index (κ1) is 44.4. The zero-order valence-electron chi connectivity index (χ0n) is 40.4. The maximum atomic E-state index is 2.34. The highest BCUT2D eigenvalue weighted by molar-refractivity contribution is 5.86. The summed E-state index contributed by atoms with van der Waals surface area (Å²) in [5.41, 5.74) is 24.4. The Hall–Kier alpha value is -8.40. The number of benzene rings is 10. The highest BCUT2D eigenvalue weighted by Gasteiger charge is 2.17. The van der Waals surface area contributed by atoms with Gasteiger partial charge in [0.2, 0.25) is 0 Å². The zero-order chi connectivity index (χ0) is 47.4. The van der Waals surface area contributed by atoms with Crippen LogP contribution < -0.4 is 14.7 Å². The third-order valence-corrected chi connectivity index (χ3v) is 13.1. The van der Waals surface area contributed by atoms with E-state index < -0.39 is 0 Å². The van der Waals surface area contributed by atoms with Gasteiger partial charge >= 0.3 is 0 Å². The summed E-state index contributed by atoms with van der Waals surface area (Å²) in [7, 11) is 0. The summed E-state index contributed by atoms with van der Waals surface area (Å²) in [6.07, 6.45) is 0. The maximum Gasteiger partial charge on any atom is 0.0462 e. The van der Waals surface area contributed by atoms with Crippen molar-refractivity contribution >= 4 is 51.2 Å². The minimum Gasteiger partial charge on any atom is -0.311 e. The molecule has 0 aliphatic rings. The predicted molar refractivity (Wildman–Crippen MR) is 295 cm³/mol. The molecule has 3 nitrogen and oxygen atoms in total. The lowest BCUT2D eigenvalue weighted by Crippen LogP contribution is -2.10. The number of hydrogen-bond acceptors (Lipinski definition) is 3. The van der Waals surface area contributed by atoms with Crippen molar-refractivity contribution < 1.29 is 0 Å². The van der Waals surface area contributed by atoms with E-state index in [9.17, 15) is 0 Å². The van der Waals surface area contributed by atoms with E-state index in [-0.39, 0.29) is 0 Å². The molecule has 0 spiro atoms. The second kappa shape index (κ2) is 19.4. The van der Waals surface area contributed by atoms with Crippen LogP contribution in [-0.2, 0) is 0 Å². The summed E-state index contributed by atoms with van der Waals surface area (Å²) in [6, 6.07) is 86.8. The van der Waals surface area contributed by atoms with Crippen LogP contribution in [0.2, 0.25) is 0 Å². The van der Waals surface area contributed by atoms with Crippen LogP contribution in [0.25, 0.3) is 33.4 Å². The highest BCUT2D eigenvalue weighted by Crippen LogP contribution is 2.41. The Balaban J connectivity index is 1.06. The molecule has 10 aromatic rings. The van der Waals surface area contributed by atoms with E-state index in [0.717, 1.165) is 84.6 Å². The average molecular weight is 892 g/mol. The van der Waals surface area contributed by atoms with Gasteiger partial charge in [0.25, 0.3) is 0 Å². The summed E-state index contributed by atoms with van der Waals surface area (Å²) >= 11 is 0. The van der Waals surface area contributed by atoms with Crippen molar-refractivity contribution in [1.29, 1.82) is 0 Å². The summed E-state index contributed by atoms with van der Waals surface area (Å²) in [5, 5.41) is 0. The summed E-state index contributed by atoms with van der Waals surface area (Å²) in [4.78, 5) is 7.00. The molecule has 0 N–H and O–H groups in total. The van der Waals surface area contributed by atoms with E-state index in [1.165, 1.54) is 33.4 Å². The Morgan fingerprint density at radius 3 is 0.435 bits per heavy atom. The largest absolute Gasteiger partial charge is 0.311 e. The SMILES string of the molecule is Cc1ccc(N(c2ccc(C)cc2)c2ccc(-c3cc(-c4ccc(N(c5ccc(C)cc5)c5ccc(C)cc5)cc4)cc(-c4ccc(N(c5ccc(C)cc5)c5ccc(C)cc5)cc4)c3)cc2)cc1. The molecule has 0 aliphatic carbocycles. The third-order valence-electron chi connectivity index (χ3n) is 13.1. The van der Waals surface area contributed by atoms with E-state index in [0.29, 0.717) is 0 Å². The smallest absolute Gasteiger partial charge is 0.0462 e. The van der Waals surface area contributed by atoms with Crippen LogP contribution >= 0.6 is 0 Å². The van der Waals surface area contributed by atoms with E-state index in [1.54, 1.807) is 0 Å². The predicted octanol–water partition coefficient (Wildman–Crippen LogP) is 18.9. The second-order valence-corrected chi connectivity index (χ2v) is 18.5. The average Bonchev–Trinajstić information content (AvgIpc) is 3.38. The molecule has 0 fully saturated rings. The highest BCUT2D eigenvalue weighted by atomic mass is 15.2. The van der Waals surface area contributed by atoms with Crippen molar-refractivity contribution in [1.82, 2.24) is 0 Å². The fraction of sp³-hybridized carbons (Fsp3) is 0.0909. The molecule has 10 aromatic carbocycles. The molecule has 0 atom stereocenters. The monoisotopic (exact) mass is 891 g/mol. The number of aryl methyl sites for hydroxylation is 6. The number of nitrogens with zero attached hydrogens (tertiary/aromatic N) is 3. The normalized spacial score (nSPS) is 11.0. The molecule has 0 unspecified atom stereocenters. The van der Waals surface area contributed by atoms with Gasteiger partial charge < -0.3 is 14.7 Å². The summed E-state index contributed by atoms with van der Waals surface area (Å²) in [6.45, 7) is 12.8. The van der Waals surface area contributed by atoms with Gasteiger partial charge in [-0.1, -0.05) is 143 Å². The quantitative estimate of drug-likeness (QED) is 0.121. The molecule has 0 bridgehead atoms. The fourth-order valence-corrected chi connectivity index (χ4v) is 9.04. The summed E-state index contributed by atoms with van der Waals surface area (Å²) in [5.74, 6) is 0. The molecule has 336 valence electrons. The Bertz CT molecular complexity index is 2790. The Labute approximate surface area is 408 Å². The van der Waals surface area contributed by atoms with Crippen molar-refractivity contribution in [3.8, 4) is 33.4 Å². The lowest BCUT2D eigenvalue weighted by molar-refractivity contribution is 1.27. The van der Waals surface area contributed by atoms with Gasteiger partial charge in [0, 0.05) is 51.2 Å². The molecular formula is C66H57N3. The number of rotatable bonds is 12. The summed E-state index contributed by atoms with van der Waals surface area (Å²) < 4.78 is 0. The fourth-order valence-electron chi connectivity index (χ4n) is 9.04. The van der Waals surface area contributed by atoms with Gasteiger partial charge in [-0.25, -0.2) is 0 Å². The molecule has 0 saturated heterocycles. The molecule has 0 heterocycles. The lowest BCUT2D eigenvalue weighted by atomic mass is 9.93. The molecule has 0 saturated carbocycles. The van der Waals surface area contributed by atoms with Crippen molar-refractivity contribution in [3.63, 3.8) is 0 Å². The molecule has 10 rings (SSSR count). The molecule has 0 aromatic heterocycles. The maximum absolute atomic E-state index is 2.34. The van der Waals surface area contributed by atoms with Crippen LogP contribution in [0.5, 0.6) is 0 Å². The second-order valence-electron chi connectivity index (χ2n) is 18.5. The van der Waals surface area contributed by atoms with Gasteiger partial charge in [-0.3, -0.25) is 0 Å². The Morgan fingerprint density at radius 1 is 0.159 bits per heavy atom. The molecule has 0 aliphatic heterocycles. The van der Waals surface area contributed by atoms with E-state index >= 15 is 0 Å². The lowest BCUT2D eigenvalue weighted by Gasteiger charge is -2.26. The van der Waals surface area contributed by atoms with Gasteiger partial charge in [0.1, 0.15) is 0 Å². The molecule has 69 heavy (non-hydrogen) atoms. The first-order chi connectivity index (χ1) is 33.6. The standard InChI is InChI=1S/C66H57N3/c1-46-7-25-58(26-8-46)67(59-27-9-47(2)10-28-59)64-37-19-52(20-38-64)55-43-56(53-21-39-65(40-22-53)68(60-29-11-48(3)12-30-60)61-31-13-49(4)14-32-61)45-57(44-55)54-23-41-66(42-24-54)69(62-33-15-50(5)16-34-62)63-35-17-51(6)18-36-63/h7-45H,1-6H3. The Kier molecular flexibility index (Phi) is 12.5. The molecule has 0 amide bonds. The van der Waals surface area contributed by atoms with E-state index in [4.69, 9.17) is 0 Å². The van der Waals surface area contributed by atoms with Crippen LogP contribution in [0, 0.1) is 41.5 Å². The number of hydrogen-bond donors (Lipinski definition) is 0.